The molecular formula is C15H22O. The molecule has 0 aliphatic heterocycles. The third-order valence-corrected chi connectivity index (χ3v) is 4.74. The molecule has 0 saturated heterocycles. The quantitative estimate of drug-likeness (QED) is 0.610. The Balaban J connectivity index is 2.31. The minimum absolute atomic E-state index is 0.208. The fourth-order valence-corrected chi connectivity index (χ4v) is 3.80. The van der Waals surface area contributed by atoms with Crippen LogP contribution >= 0.6 is 0 Å². The van der Waals surface area contributed by atoms with E-state index in [-0.39, 0.29) is 11.3 Å². The molecule has 1 heteroatoms. The van der Waals surface area contributed by atoms with Crippen LogP contribution in [0.25, 0.3) is 0 Å². The van der Waals surface area contributed by atoms with Crippen molar-refractivity contribution in [2.75, 3.05) is 0 Å². The first-order valence-corrected chi connectivity index (χ1v) is 6.34. The van der Waals surface area contributed by atoms with E-state index in [9.17, 15) is 4.79 Å². The van der Waals surface area contributed by atoms with Crippen LogP contribution in [0.15, 0.2) is 24.3 Å². The van der Waals surface area contributed by atoms with Gasteiger partial charge in [-0.25, -0.2) is 0 Å². The summed E-state index contributed by atoms with van der Waals surface area (Å²) in [4.78, 5) is 11.7. The normalized spacial score (nSPS) is 39.4. The Kier molecular flexibility index (Phi) is 2.81. The number of hydrogen-bond acceptors (Lipinski definition) is 1. The third-order valence-electron chi connectivity index (χ3n) is 4.74. The first-order valence-electron chi connectivity index (χ1n) is 6.34. The molecule has 0 aromatic rings. The van der Waals surface area contributed by atoms with Crippen LogP contribution in [0.5, 0.6) is 0 Å². The Bertz CT molecular complexity index is 352. The van der Waals surface area contributed by atoms with Gasteiger partial charge in [0.15, 0.2) is 0 Å². The maximum atomic E-state index is 11.7. The van der Waals surface area contributed by atoms with Crippen molar-refractivity contribution in [1.29, 1.82) is 0 Å². The van der Waals surface area contributed by atoms with E-state index >= 15 is 0 Å². The summed E-state index contributed by atoms with van der Waals surface area (Å²) in [6.45, 7) is 12.6. The fourth-order valence-electron chi connectivity index (χ4n) is 3.80. The van der Waals surface area contributed by atoms with Crippen LogP contribution < -0.4 is 0 Å². The molecule has 2 aliphatic rings. The maximum Gasteiger partial charge on any atom is 0.135 e. The number of Topliss-reactive ketones (excluding diaryl/α,β-unsaturated/α-hetero) is 1. The van der Waals surface area contributed by atoms with Gasteiger partial charge in [0.05, 0.1) is 0 Å². The molecule has 0 amide bonds. The predicted molar refractivity (Wildman–Crippen MR) is 67.1 cm³/mol. The molecule has 0 aromatic heterocycles. The summed E-state index contributed by atoms with van der Waals surface area (Å²) in [7, 11) is 0. The molecule has 3 atom stereocenters. The Morgan fingerprint density at radius 1 is 1.44 bits per heavy atom. The molecule has 0 radical (unpaired) electrons. The zero-order chi connectivity index (χ0) is 11.9. The molecule has 0 N–H and O–H groups in total. The molecule has 88 valence electrons. The third kappa shape index (κ3) is 1.57. The average Bonchev–Trinajstić information content (AvgIpc) is 2.51. The average molecular weight is 218 g/mol. The summed E-state index contributed by atoms with van der Waals surface area (Å²) in [5, 5.41) is 0. The number of carbonyl (C=O) groups excluding carboxylic acids is 1. The van der Waals surface area contributed by atoms with E-state index in [0.29, 0.717) is 11.7 Å². The second-order valence-corrected chi connectivity index (χ2v) is 5.77. The van der Waals surface area contributed by atoms with Gasteiger partial charge in [-0.1, -0.05) is 31.2 Å². The van der Waals surface area contributed by atoms with Crippen LogP contribution in [-0.4, -0.2) is 5.78 Å². The van der Waals surface area contributed by atoms with E-state index in [2.05, 4.69) is 27.0 Å². The van der Waals surface area contributed by atoms with E-state index in [0.717, 1.165) is 25.7 Å². The van der Waals surface area contributed by atoms with Gasteiger partial charge in [0.2, 0.25) is 0 Å². The first-order chi connectivity index (χ1) is 7.47. The van der Waals surface area contributed by atoms with Gasteiger partial charge < -0.3 is 0 Å². The molecule has 1 spiro atoms. The van der Waals surface area contributed by atoms with Crippen LogP contribution in [0.1, 0.15) is 46.0 Å². The van der Waals surface area contributed by atoms with E-state index in [1.54, 1.807) is 0 Å². The van der Waals surface area contributed by atoms with Gasteiger partial charge in [-0.3, -0.25) is 4.79 Å². The van der Waals surface area contributed by atoms with Gasteiger partial charge in [-0.15, -0.1) is 0 Å². The van der Waals surface area contributed by atoms with Crippen molar-refractivity contribution in [2.45, 2.75) is 46.0 Å². The molecule has 3 unspecified atom stereocenters. The number of rotatable bonds is 1. The van der Waals surface area contributed by atoms with E-state index in [1.165, 1.54) is 17.6 Å². The van der Waals surface area contributed by atoms with Crippen LogP contribution in [0.4, 0.5) is 0 Å². The van der Waals surface area contributed by atoms with Crippen molar-refractivity contribution in [1.82, 2.24) is 0 Å². The molecule has 1 nitrogen and oxygen atoms in total. The van der Waals surface area contributed by atoms with Gasteiger partial charge >= 0.3 is 0 Å². The van der Waals surface area contributed by atoms with Crippen LogP contribution in [0.3, 0.4) is 0 Å². The van der Waals surface area contributed by atoms with Crippen LogP contribution in [-0.2, 0) is 4.79 Å². The largest absolute Gasteiger partial charge is 0.299 e. The van der Waals surface area contributed by atoms with E-state index in [4.69, 9.17) is 0 Å². The minimum Gasteiger partial charge on any atom is -0.299 e. The van der Waals surface area contributed by atoms with Gasteiger partial charge in [0, 0.05) is 12.3 Å². The summed E-state index contributed by atoms with van der Waals surface area (Å²) >= 11 is 0. The van der Waals surface area contributed by atoms with E-state index < -0.39 is 0 Å². The van der Waals surface area contributed by atoms with Crippen molar-refractivity contribution in [2.24, 2.45) is 17.3 Å². The second kappa shape index (κ2) is 3.87. The van der Waals surface area contributed by atoms with Crippen molar-refractivity contribution in [3.8, 4) is 0 Å². The Labute approximate surface area is 98.6 Å². The summed E-state index contributed by atoms with van der Waals surface area (Å²) in [6.07, 6.45) is 5.06. The molecule has 2 rings (SSSR count). The Hall–Kier alpha value is -0.850. The van der Waals surface area contributed by atoms with Crippen LogP contribution in [0.2, 0.25) is 0 Å². The first kappa shape index (κ1) is 11.6. The molecule has 0 heterocycles. The minimum atomic E-state index is 0.208. The lowest BCUT2D eigenvalue weighted by molar-refractivity contribution is -0.126. The standard InChI is InChI=1S/C15H22O/c1-10(2)13-6-5-12(4)15(13)8-7-14(16)11(3)9-15/h11,13H,1,4-9H2,2-3H3. The van der Waals surface area contributed by atoms with Crippen LogP contribution in [0, 0.1) is 17.3 Å². The number of allylic oxidation sites excluding steroid dienone is 2. The zero-order valence-electron chi connectivity index (χ0n) is 10.5. The summed E-state index contributed by atoms with van der Waals surface area (Å²) in [5.74, 6) is 1.21. The molecular weight excluding hydrogens is 196 g/mol. The van der Waals surface area contributed by atoms with Crippen molar-refractivity contribution >= 4 is 5.78 Å². The Morgan fingerprint density at radius 2 is 2.12 bits per heavy atom. The topological polar surface area (TPSA) is 17.1 Å². The molecule has 0 bridgehead atoms. The highest BCUT2D eigenvalue weighted by Crippen LogP contribution is 2.57. The predicted octanol–water partition coefficient (Wildman–Crippen LogP) is 3.90. The Morgan fingerprint density at radius 3 is 2.69 bits per heavy atom. The van der Waals surface area contributed by atoms with Gasteiger partial charge in [-0.05, 0) is 43.9 Å². The number of hydrogen-bond donors (Lipinski definition) is 0. The van der Waals surface area contributed by atoms with Gasteiger partial charge in [-0.2, -0.15) is 0 Å². The lowest BCUT2D eigenvalue weighted by Crippen LogP contribution is -2.37. The van der Waals surface area contributed by atoms with Crippen molar-refractivity contribution < 1.29 is 4.79 Å². The summed E-state index contributed by atoms with van der Waals surface area (Å²) < 4.78 is 0. The molecule has 0 aromatic carbocycles. The summed E-state index contributed by atoms with van der Waals surface area (Å²) in [5.41, 5.74) is 2.86. The highest BCUT2D eigenvalue weighted by molar-refractivity contribution is 5.81. The highest BCUT2D eigenvalue weighted by Gasteiger charge is 2.49. The highest BCUT2D eigenvalue weighted by atomic mass is 16.1. The van der Waals surface area contributed by atoms with Crippen molar-refractivity contribution in [3.63, 3.8) is 0 Å². The van der Waals surface area contributed by atoms with Gasteiger partial charge in [0.25, 0.3) is 0 Å². The smallest absolute Gasteiger partial charge is 0.135 e. The molecule has 2 aliphatic carbocycles. The number of ketones is 1. The summed E-state index contributed by atoms with van der Waals surface area (Å²) in [6, 6.07) is 0. The lowest BCUT2D eigenvalue weighted by Gasteiger charge is -2.42. The monoisotopic (exact) mass is 218 g/mol. The molecule has 2 fully saturated rings. The maximum absolute atomic E-state index is 11.7. The SMILES string of the molecule is C=C(C)C1CCC(=C)C12CCC(=O)C(C)C2. The number of carbonyl (C=O) groups is 1. The lowest BCUT2D eigenvalue weighted by atomic mass is 9.61. The van der Waals surface area contributed by atoms with Crippen molar-refractivity contribution in [3.05, 3.63) is 24.3 Å². The fraction of sp³-hybridized carbons (Fsp3) is 0.667. The zero-order valence-corrected chi connectivity index (χ0v) is 10.5. The molecule has 2 saturated carbocycles. The molecule has 16 heavy (non-hydrogen) atoms. The second-order valence-electron chi connectivity index (χ2n) is 5.77. The van der Waals surface area contributed by atoms with Gasteiger partial charge in [0.1, 0.15) is 5.78 Å². The van der Waals surface area contributed by atoms with E-state index in [1.807, 2.05) is 0 Å².